The Hall–Kier alpha value is -1.69. The molecule has 0 fully saturated rings. The van der Waals surface area contributed by atoms with Crippen LogP contribution in [0.4, 0.5) is 0 Å². The van der Waals surface area contributed by atoms with Crippen molar-refractivity contribution in [1.29, 1.82) is 0 Å². The largest absolute Gasteiger partial charge is 0.351 e. The highest BCUT2D eigenvalue weighted by molar-refractivity contribution is 7.71. The van der Waals surface area contributed by atoms with Crippen molar-refractivity contribution in [3.8, 4) is 0 Å². The Balaban J connectivity index is 2.12. The zero-order valence-corrected chi connectivity index (χ0v) is 12.2. The number of hydrogen-bond acceptors (Lipinski definition) is 3. The van der Waals surface area contributed by atoms with Crippen molar-refractivity contribution >= 4 is 29.3 Å². The molecule has 0 spiro atoms. The first-order valence-electron chi connectivity index (χ1n) is 6.21. The summed E-state index contributed by atoms with van der Waals surface area (Å²) in [5.41, 5.74) is 1.47. The quantitative estimate of drug-likeness (QED) is 0.847. The fourth-order valence-electron chi connectivity index (χ4n) is 1.89. The summed E-state index contributed by atoms with van der Waals surface area (Å²) in [6.07, 6.45) is 2.10. The Morgan fingerprint density at radius 3 is 2.95 bits per heavy atom. The molecule has 0 bridgehead atoms. The van der Waals surface area contributed by atoms with Gasteiger partial charge in [-0.3, -0.25) is 4.79 Å². The number of carbonyl (C=O) groups excluding carboxylic acids is 1. The van der Waals surface area contributed by atoms with Crippen molar-refractivity contribution in [2.75, 3.05) is 0 Å². The van der Waals surface area contributed by atoms with Gasteiger partial charge >= 0.3 is 0 Å². The number of nitrogens with one attached hydrogen (secondary N) is 2. The highest BCUT2D eigenvalue weighted by Gasteiger charge is 2.14. The summed E-state index contributed by atoms with van der Waals surface area (Å²) in [4.78, 5) is 19.2. The molecule has 19 heavy (non-hydrogen) atoms. The molecule has 2 aromatic heterocycles. The third kappa shape index (κ3) is 3.41. The molecule has 1 amide bonds. The van der Waals surface area contributed by atoms with Crippen LogP contribution in [0.1, 0.15) is 27.2 Å². The minimum absolute atomic E-state index is 0.0136. The Morgan fingerprint density at radius 2 is 2.26 bits per heavy atom. The van der Waals surface area contributed by atoms with E-state index in [1.165, 1.54) is 0 Å². The number of aromatic amines is 1. The van der Waals surface area contributed by atoms with Gasteiger partial charge in [-0.2, -0.15) is 0 Å². The van der Waals surface area contributed by atoms with Crippen LogP contribution in [0.25, 0.3) is 11.2 Å². The molecule has 0 aromatic carbocycles. The number of rotatable bonds is 3. The molecule has 0 aliphatic heterocycles. The summed E-state index contributed by atoms with van der Waals surface area (Å²) in [5, 5.41) is 2.93. The maximum absolute atomic E-state index is 11.8. The van der Waals surface area contributed by atoms with E-state index >= 15 is 0 Å². The molecule has 0 saturated heterocycles. The van der Waals surface area contributed by atoms with Crippen LogP contribution < -0.4 is 5.32 Å². The van der Waals surface area contributed by atoms with Crippen LogP contribution >= 0.6 is 12.2 Å². The lowest BCUT2D eigenvalue weighted by molar-refractivity contribution is -0.122. The predicted molar refractivity (Wildman–Crippen MR) is 77.4 cm³/mol. The Bertz CT molecular complexity index is 650. The minimum atomic E-state index is -0.211. The fourth-order valence-corrected chi connectivity index (χ4v) is 2.18. The summed E-state index contributed by atoms with van der Waals surface area (Å²) in [7, 11) is 0. The summed E-state index contributed by atoms with van der Waals surface area (Å²) >= 11 is 5.25. The number of imidazole rings is 1. The van der Waals surface area contributed by atoms with E-state index in [-0.39, 0.29) is 11.4 Å². The second-order valence-electron chi connectivity index (χ2n) is 5.50. The Morgan fingerprint density at radius 1 is 1.53 bits per heavy atom. The van der Waals surface area contributed by atoms with E-state index in [9.17, 15) is 4.79 Å². The number of hydrogen-bond donors (Lipinski definition) is 2. The van der Waals surface area contributed by atoms with Gasteiger partial charge in [-0.1, -0.05) is 0 Å². The molecule has 2 aromatic rings. The van der Waals surface area contributed by atoms with Crippen LogP contribution in [0.5, 0.6) is 0 Å². The number of aromatic nitrogens is 3. The van der Waals surface area contributed by atoms with Gasteiger partial charge in [0.15, 0.2) is 10.4 Å². The molecule has 0 radical (unpaired) electrons. The Kier molecular flexibility index (Phi) is 3.71. The van der Waals surface area contributed by atoms with Gasteiger partial charge in [0.05, 0.1) is 5.52 Å². The zero-order valence-electron chi connectivity index (χ0n) is 11.4. The normalized spacial score (nSPS) is 11.7. The van der Waals surface area contributed by atoms with E-state index in [1.807, 2.05) is 37.5 Å². The molecule has 5 nitrogen and oxygen atoms in total. The summed E-state index contributed by atoms with van der Waals surface area (Å²) in [6, 6.07) is 3.77. The lowest BCUT2D eigenvalue weighted by Gasteiger charge is -2.20. The van der Waals surface area contributed by atoms with Crippen LogP contribution in [0, 0.1) is 4.77 Å². The van der Waals surface area contributed by atoms with E-state index in [1.54, 1.807) is 6.20 Å². The second-order valence-corrected chi connectivity index (χ2v) is 5.89. The van der Waals surface area contributed by atoms with Crippen molar-refractivity contribution in [2.24, 2.45) is 0 Å². The van der Waals surface area contributed by atoms with Crippen molar-refractivity contribution in [3.05, 3.63) is 23.1 Å². The molecule has 0 aliphatic carbocycles. The van der Waals surface area contributed by atoms with Gasteiger partial charge < -0.3 is 14.9 Å². The molecule has 102 valence electrons. The first-order valence-corrected chi connectivity index (χ1v) is 6.62. The number of fused-ring (bicyclic) bond motifs is 1. The molecule has 0 unspecified atom stereocenters. The van der Waals surface area contributed by atoms with Crippen LogP contribution in [-0.4, -0.2) is 26.0 Å². The van der Waals surface area contributed by atoms with Crippen LogP contribution in [0.15, 0.2) is 18.3 Å². The number of H-pyrrole nitrogens is 1. The summed E-state index contributed by atoms with van der Waals surface area (Å²) in [6.45, 7) is 6.41. The zero-order chi connectivity index (χ0) is 14.0. The van der Waals surface area contributed by atoms with Gasteiger partial charge in [-0.25, -0.2) is 4.98 Å². The number of pyridine rings is 1. The maximum Gasteiger partial charge on any atom is 0.222 e. The first kappa shape index (κ1) is 13.7. The van der Waals surface area contributed by atoms with Gasteiger partial charge in [-0.15, -0.1) is 0 Å². The van der Waals surface area contributed by atoms with E-state index in [0.29, 0.717) is 17.7 Å². The minimum Gasteiger partial charge on any atom is -0.351 e. The molecular weight excluding hydrogens is 260 g/mol. The van der Waals surface area contributed by atoms with Gasteiger partial charge in [0.1, 0.15) is 0 Å². The van der Waals surface area contributed by atoms with Gasteiger partial charge in [0.2, 0.25) is 5.91 Å². The first-order chi connectivity index (χ1) is 8.87. The van der Waals surface area contributed by atoms with Crippen LogP contribution in [-0.2, 0) is 11.3 Å². The van der Waals surface area contributed by atoms with Gasteiger partial charge in [0.25, 0.3) is 0 Å². The van der Waals surface area contributed by atoms with Crippen molar-refractivity contribution in [2.45, 2.75) is 39.3 Å². The standard InChI is InChI=1S/C13H18N4OS/c1-13(2,3)16-10(18)6-8-17-11-9(15-12(17)19)5-4-7-14-11/h4-5,7H,6,8H2,1-3H3,(H,15,19)(H,16,18). The number of amides is 1. The lowest BCUT2D eigenvalue weighted by atomic mass is 10.1. The average molecular weight is 278 g/mol. The second kappa shape index (κ2) is 5.13. The van der Waals surface area contributed by atoms with Gasteiger partial charge in [0, 0.05) is 24.7 Å². The van der Waals surface area contributed by atoms with E-state index < -0.39 is 0 Å². The summed E-state index contributed by atoms with van der Waals surface area (Å²) in [5.74, 6) is 0.0136. The van der Waals surface area contributed by atoms with Crippen LogP contribution in [0.2, 0.25) is 0 Å². The topological polar surface area (TPSA) is 62.7 Å². The molecule has 0 aliphatic rings. The van der Waals surface area contributed by atoms with Gasteiger partial charge in [-0.05, 0) is 45.1 Å². The average Bonchev–Trinajstić information content (AvgIpc) is 2.60. The fraction of sp³-hybridized carbons (Fsp3) is 0.462. The number of carbonyl (C=O) groups is 1. The maximum atomic E-state index is 11.8. The van der Waals surface area contributed by atoms with E-state index in [2.05, 4.69) is 15.3 Å². The number of aryl methyl sites for hydroxylation is 1. The predicted octanol–water partition coefficient (Wildman–Crippen LogP) is 2.40. The highest BCUT2D eigenvalue weighted by Crippen LogP contribution is 2.11. The highest BCUT2D eigenvalue weighted by atomic mass is 32.1. The van der Waals surface area contributed by atoms with Crippen molar-refractivity contribution in [1.82, 2.24) is 19.9 Å². The van der Waals surface area contributed by atoms with E-state index in [0.717, 1.165) is 11.2 Å². The molecule has 2 N–H and O–H groups in total. The van der Waals surface area contributed by atoms with Crippen molar-refractivity contribution < 1.29 is 4.79 Å². The molecular formula is C13H18N4OS. The molecule has 0 atom stereocenters. The molecule has 6 heteroatoms. The summed E-state index contributed by atoms with van der Waals surface area (Å²) < 4.78 is 2.45. The molecule has 0 saturated carbocycles. The smallest absolute Gasteiger partial charge is 0.222 e. The van der Waals surface area contributed by atoms with Crippen LogP contribution in [0.3, 0.4) is 0 Å². The molecule has 2 heterocycles. The Labute approximate surface area is 117 Å². The third-order valence-corrected chi connectivity index (χ3v) is 2.93. The SMILES string of the molecule is CC(C)(C)NC(=O)CCn1c(=S)[nH]c2cccnc21. The number of nitrogens with zero attached hydrogens (tertiary/aromatic N) is 2. The lowest BCUT2D eigenvalue weighted by Crippen LogP contribution is -2.40. The molecule has 2 rings (SSSR count). The van der Waals surface area contributed by atoms with E-state index in [4.69, 9.17) is 12.2 Å². The third-order valence-electron chi connectivity index (χ3n) is 2.61. The monoisotopic (exact) mass is 278 g/mol. The van der Waals surface area contributed by atoms with Crippen molar-refractivity contribution in [3.63, 3.8) is 0 Å².